The number of hydrogen-bond acceptors (Lipinski definition) is 3. The molecule has 116 valence electrons. The summed E-state index contributed by atoms with van der Waals surface area (Å²) in [5.41, 5.74) is 0.516. The molecule has 1 amide bonds. The Bertz CT molecular complexity index is 494. The van der Waals surface area contributed by atoms with Crippen LogP contribution < -0.4 is 15.4 Å². The SMILES string of the molecule is O=C(NCc1cc(Br)ccc1OC(F)F)C1CCCNC1. The Morgan fingerprint density at radius 2 is 2.33 bits per heavy atom. The van der Waals surface area contributed by atoms with Crippen molar-refractivity contribution in [2.24, 2.45) is 5.92 Å². The molecule has 1 aromatic rings. The third kappa shape index (κ3) is 4.93. The molecule has 1 aromatic carbocycles. The second-order valence-corrected chi connectivity index (χ2v) is 5.81. The second kappa shape index (κ2) is 7.70. The Morgan fingerprint density at radius 1 is 1.52 bits per heavy atom. The molecule has 1 saturated heterocycles. The van der Waals surface area contributed by atoms with Crippen LogP contribution in [0.1, 0.15) is 18.4 Å². The number of alkyl halides is 2. The largest absolute Gasteiger partial charge is 0.434 e. The molecule has 1 aliphatic rings. The van der Waals surface area contributed by atoms with Crippen molar-refractivity contribution in [3.63, 3.8) is 0 Å². The van der Waals surface area contributed by atoms with Crippen LogP contribution in [0.25, 0.3) is 0 Å². The van der Waals surface area contributed by atoms with Gasteiger partial charge in [0, 0.05) is 23.1 Å². The van der Waals surface area contributed by atoms with Crippen LogP contribution in [0, 0.1) is 5.92 Å². The maximum absolute atomic E-state index is 12.4. The first-order valence-corrected chi connectivity index (χ1v) is 7.57. The Balaban J connectivity index is 1.97. The van der Waals surface area contributed by atoms with Crippen LogP contribution in [0.2, 0.25) is 0 Å². The molecule has 1 fully saturated rings. The highest BCUT2D eigenvalue weighted by Gasteiger charge is 2.21. The van der Waals surface area contributed by atoms with Crippen molar-refractivity contribution in [2.45, 2.75) is 26.0 Å². The van der Waals surface area contributed by atoms with Crippen molar-refractivity contribution in [3.8, 4) is 5.75 Å². The zero-order valence-corrected chi connectivity index (χ0v) is 13.0. The van der Waals surface area contributed by atoms with Gasteiger partial charge in [-0.25, -0.2) is 0 Å². The Morgan fingerprint density at radius 3 is 3.00 bits per heavy atom. The van der Waals surface area contributed by atoms with Gasteiger partial charge in [-0.1, -0.05) is 15.9 Å². The fourth-order valence-electron chi connectivity index (χ4n) is 2.30. The number of ether oxygens (including phenoxy) is 1. The molecule has 21 heavy (non-hydrogen) atoms. The highest BCUT2D eigenvalue weighted by Crippen LogP contribution is 2.25. The summed E-state index contributed by atoms with van der Waals surface area (Å²) >= 11 is 3.28. The lowest BCUT2D eigenvalue weighted by Gasteiger charge is -2.22. The number of amides is 1. The molecule has 1 aliphatic heterocycles. The minimum Gasteiger partial charge on any atom is -0.434 e. The minimum atomic E-state index is -2.89. The molecule has 2 N–H and O–H groups in total. The second-order valence-electron chi connectivity index (χ2n) is 4.89. The number of carbonyl (C=O) groups excluding carboxylic acids is 1. The normalized spacial score (nSPS) is 18.6. The van der Waals surface area contributed by atoms with Gasteiger partial charge in [-0.2, -0.15) is 8.78 Å². The first-order valence-electron chi connectivity index (χ1n) is 6.78. The number of nitrogens with one attached hydrogen (secondary N) is 2. The van der Waals surface area contributed by atoms with E-state index >= 15 is 0 Å². The number of rotatable bonds is 5. The number of hydrogen-bond donors (Lipinski definition) is 2. The first-order chi connectivity index (χ1) is 10.1. The van der Waals surface area contributed by atoms with E-state index in [0.717, 1.165) is 23.9 Å². The number of halogens is 3. The monoisotopic (exact) mass is 362 g/mol. The summed E-state index contributed by atoms with van der Waals surface area (Å²) < 4.78 is 29.9. The van der Waals surface area contributed by atoms with Gasteiger partial charge in [0.1, 0.15) is 5.75 Å². The van der Waals surface area contributed by atoms with Gasteiger partial charge in [0.15, 0.2) is 0 Å². The third-order valence-electron chi connectivity index (χ3n) is 3.36. The van der Waals surface area contributed by atoms with Crippen molar-refractivity contribution in [2.75, 3.05) is 13.1 Å². The van der Waals surface area contributed by atoms with E-state index in [1.54, 1.807) is 12.1 Å². The van der Waals surface area contributed by atoms with Crippen LogP contribution in [-0.2, 0) is 11.3 Å². The zero-order chi connectivity index (χ0) is 15.2. The van der Waals surface area contributed by atoms with Crippen LogP contribution in [0.15, 0.2) is 22.7 Å². The van der Waals surface area contributed by atoms with Gasteiger partial charge in [-0.05, 0) is 37.6 Å². The van der Waals surface area contributed by atoms with Gasteiger partial charge in [0.05, 0.1) is 5.92 Å². The fourth-order valence-corrected chi connectivity index (χ4v) is 2.71. The Kier molecular flexibility index (Phi) is 5.93. The summed E-state index contributed by atoms with van der Waals surface area (Å²) in [4.78, 5) is 12.0. The number of carbonyl (C=O) groups is 1. The van der Waals surface area contributed by atoms with Gasteiger partial charge in [0.25, 0.3) is 0 Å². The van der Waals surface area contributed by atoms with Crippen LogP contribution in [0.5, 0.6) is 5.75 Å². The topological polar surface area (TPSA) is 50.4 Å². The average Bonchev–Trinajstić information content (AvgIpc) is 2.47. The predicted octanol–water partition coefficient (Wildman–Crippen LogP) is 2.67. The van der Waals surface area contributed by atoms with Gasteiger partial charge < -0.3 is 15.4 Å². The van der Waals surface area contributed by atoms with E-state index in [9.17, 15) is 13.6 Å². The summed E-state index contributed by atoms with van der Waals surface area (Å²) in [7, 11) is 0. The fraction of sp³-hybridized carbons (Fsp3) is 0.500. The maximum atomic E-state index is 12.4. The van der Waals surface area contributed by atoms with E-state index in [2.05, 4.69) is 31.3 Å². The zero-order valence-electron chi connectivity index (χ0n) is 11.4. The Labute approximate surface area is 130 Å². The van der Waals surface area contributed by atoms with Gasteiger partial charge in [-0.3, -0.25) is 4.79 Å². The van der Waals surface area contributed by atoms with Crippen LogP contribution in [0.4, 0.5) is 8.78 Å². The predicted molar refractivity (Wildman–Crippen MR) is 78.2 cm³/mol. The van der Waals surface area contributed by atoms with Crippen molar-refractivity contribution >= 4 is 21.8 Å². The Hall–Kier alpha value is -1.21. The molecule has 0 aromatic heterocycles. The molecule has 1 heterocycles. The van der Waals surface area contributed by atoms with Crippen LogP contribution in [0.3, 0.4) is 0 Å². The molecule has 0 saturated carbocycles. The van der Waals surface area contributed by atoms with E-state index in [1.807, 2.05) is 0 Å². The lowest BCUT2D eigenvalue weighted by Crippen LogP contribution is -2.40. The van der Waals surface area contributed by atoms with Crippen LogP contribution >= 0.6 is 15.9 Å². The molecule has 0 spiro atoms. The lowest BCUT2D eigenvalue weighted by atomic mass is 9.99. The molecule has 4 nitrogen and oxygen atoms in total. The molecular weight excluding hydrogens is 346 g/mol. The molecule has 1 unspecified atom stereocenters. The van der Waals surface area contributed by atoms with E-state index < -0.39 is 6.61 Å². The highest BCUT2D eigenvalue weighted by atomic mass is 79.9. The standard InChI is InChI=1S/C14H17BrF2N2O2/c15-11-3-4-12(21-14(16)17)10(6-11)8-19-13(20)9-2-1-5-18-7-9/h3-4,6,9,14,18H,1-2,5,7-8H2,(H,19,20). The summed E-state index contributed by atoms with van der Waals surface area (Å²) in [6, 6.07) is 4.74. The average molecular weight is 363 g/mol. The molecule has 0 aliphatic carbocycles. The number of benzene rings is 1. The third-order valence-corrected chi connectivity index (χ3v) is 3.85. The van der Waals surface area contributed by atoms with Crippen molar-refractivity contribution < 1.29 is 18.3 Å². The summed E-state index contributed by atoms with van der Waals surface area (Å²) in [6.07, 6.45) is 1.81. The molecule has 2 rings (SSSR count). The molecule has 1 atom stereocenters. The van der Waals surface area contributed by atoms with Crippen molar-refractivity contribution in [3.05, 3.63) is 28.2 Å². The maximum Gasteiger partial charge on any atom is 0.387 e. The van der Waals surface area contributed by atoms with Gasteiger partial charge in [0.2, 0.25) is 5.91 Å². The molecule has 0 bridgehead atoms. The molecule has 7 heteroatoms. The van der Waals surface area contributed by atoms with E-state index in [-0.39, 0.29) is 24.1 Å². The number of piperidine rings is 1. The summed E-state index contributed by atoms with van der Waals surface area (Å²) in [5.74, 6) is -0.0502. The van der Waals surface area contributed by atoms with E-state index in [4.69, 9.17) is 0 Å². The van der Waals surface area contributed by atoms with E-state index in [1.165, 1.54) is 6.07 Å². The van der Waals surface area contributed by atoms with Crippen molar-refractivity contribution in [1.29, 1.82) is 0 Å². The molecule has 0 radical (unpaired) electrons. The summed E-state index contributed by atoms with van der Waals surface area (Å²) in [6.45, 7) is -1.13. The van der Waals surface area contributed by atoms with Crippen LogP contribution in [-0.4, -0.2) is 25.6 Å². The smallest absolute Gasteiger partial charge is 0.387 e. The quantitative estimate of drug-likeness (QED) is 0.846. The summed E-state index contributed by atoms with van der Waals surface area (Å²) in [5, 5.41) is 5.95. The van der Waals surface area contributed by atoms with Gasteiger partial charge in [-0.15, -0.1) is 0 Å². The first kappa shape index (κ1) is 16.2. The highest BCUT2D eigenvalue weighted by molar-refractivity contribution is 9.10. The van der Waals surface area contributed by atoms with Gasteiger partial charge >= 0.3 is 6.61 Å². The minimum absolute atomic E-state index is 0.0645. The van der Waals surface area contributed by atoms with Crippen molar-refractivity contribution in [1.82, 2.24) is 10.6 Å². The van der Waals surface area contributed by atoms with E-state index in [0.29, 0.717) is 12.1 Å². The molecular formula is C14H17BrF2N2O2. The lowest BCUT2D eigenvalue weighted by molar-refractivity contribution is -0.125.